The maximum atomic E-state index is 11.0. The molecule has 0 bridgehead atoms. The van der Waals surface area contributed by atoms with Crippen LogP contribution in [0.5, 0.6) is 0 Å². The van der Waals surface area contributed by atoms with Gasteiger partial charge in [-0.05, 0) is 38.2 Å². The summed E-state index contributed by atoms with van der Waals surface area (Å²) in [6.45, 7) is 2.24. The highest BCUT2D eigenvalue weighted by Crippen LogP contribution is 2.03. The zero-order chi connectivity index (χ0) is 13.8. The SMILES string of the molecule is CCOC(=O)C=CCCC=CCCc1ccccc1. The maximum Gasteiger partial charge on any atom is 0.330 e. The standard InChI is InChI=1S/C17H22O2/c1-2-19-17(18)15-11-6-4-3-5-8-12-16-13-9-7-10-14-16/h3,5,7,9-11,13-15H,2,4,6,8,12H2,1H3. The first-order chi connectivity index (χ1) is 9.33. The Morgan fingerprint density at radius 3 is 2.47 bits per heavy atom. The number of hydrogen-bond donors (Lipinski definition) is 0. The van der Waals surface area contributed by atoms with E-state index < -0.39 is 0 Å². The van der Waals surface area contributed by atoms with Gasteiger partial charge in [0.15, 0.2) is 0 Å². The second kappa shape index (κ2) is 10.1. The van der Waals surface area contributed by atoms with E-state index in [-0.39, 0.29) is 5.97 Å². The first-order valence-corrected chi connectivity index (χ1v) is 6.85. The Bertz CT molecular complexity index is 405. The van der Waals surface area contributed by atoms with Gasteiger partial charge in [-0.3, -0.25) is 0 Å². The lowest BCUT2D eigenvalue weighted by Crippen LogP contribution is -1.98. The van der Waals surface area contributed by atoms with E-state index >= 15 is 0 Å². The third kappa shape index (κ3) is 7.98. The van der Waals surface area contributed by atoms with Gasteiger partial charge in [0.25, 0.3) is 0 Å². The van der Waals surface area contributed by atoms with E-state index in [1.807, 2.05) is 12.1 Å². The molecule has 102 valence electrons. The van der Waals surface area contributed by atoms with Crippen molar-refractivity contribution in [1.82, 2.24) is 0 Å². The molecule has 0 aliphatic carbocycles. The van der Waals surface area contributed by atoms with Crippen LogP contribution < -0.4 is 0 Å². The Kier molecular flexibility index (Phi) is 8.12. The summed E-state index contributed by atoms with van der Waals surface area (Å²) in [5, 5.41) is 0. The van der Waals surface area contributed by atoms with E-state index in [0.29, 0.717) is 6.61 Å². The second-order valence-corrected chi connectivity index (χ2v) is 4.23. The van der Waals surface area contributed by atoms with Gasteiger partial charge in [-0.1, -0.05) is 48.6 Å². The predicted octanol–water partition coefficient (Wildman–Crippen LogP) is 4.07. The summed E-state index contributed by atoms with van der Waals surface area (Å²) in [7, 11) is 0. The van der Waals surface area contributed by atoms with Crippen LogP contribution in [0.15, 0.2) is 54.6 Å². The van der Waals surface area contributed by atoms with Gasteiger partial charge in [-0.25, -0.2) is 4.79 Å². The monoisotopic (exact) mass is 258 g/mol. The summed E-state index contributed by atoms with van der Waals surface area (Å²) in [4.78, 5) is 11.0. The van der Waals surface area contributed by atoms with Gasteiger partial charge in [-0.15, -0.1) is 0 Å². The Labute approximate surface area is 115 Å². The van der Waals surface area contributed by atoms with Crippen molar-refractivity contribution in [3.63, 3.8) is 0 Å². The van der Waals surface area contributed by atoms with Crippen molar-refractivity contribution in [2.45, 2.75) is 32.6 Å². The normalized spacial score (nSPS) is 11.2. The molecule has 1 aromatic carbocycles. The van der Waals surface area contributed by atoms with Gasteiger partial charge < -0.3 is 4.74 Å². The summed E-state index contributed by atoms with van der Waals surface area (Å²) < 4.78 is 4.79. The molecule has 0 saturated carbocycles. The molecule has 0 aliphatic rings. The van der Waals surface area contributed by atoms with Crippen molar-refractivity contribution >= 4 is 5.97 Å². The minimum absolute atomic E-state index is 0.254. The lowest BCUT2D eigenvalue weighted by atomic mass is 10.1. The zero-order valence-electron chi connectivity index (χ0n) is 11.5. The average molecular weight is 258 g/mol. The van der Waals surface area contributed by atoms with Gasteiger partial charge in [-0.2, -0.15) is 0 Å². The van der Waals surface area contributed by atoms with E-state index in [9.17, 15) is 4.79 Å². The number of rotatable bonds is 8. The molecule has 2 heteroatoms. The lowest BCUT2D eigenvalue weighted by molar-refractivity contribution is -0.137. The van der Waals surface area contributed by atoms with Crippen molar-refractivity contribution in [2.24, 2.45) is 0 Å². The van der Waals surface area contributed by atoms with Crippen molar-refractivity contribution in [3.8, 4) is 0 Å². The van der Waals surface area contributed by atoms with Gasteiger partial charge >= 0.3 is 5.97 Å². The Morgan fingerprint density at radius 2 is 1.74 bits per heavy atom. The molecule has 19 heavy (non-hydrogen) atoms. The van der Waals surface area contributed by atoms with Crippen LogP contribution in [0.25, 0.3) is 0 Å². The quantitative estimate of drug-likeness (QED) is 0.304. The minimum Gasteiger partial charge on any atom is -0.463 e. The molecule has 0 aromatic heterocycles. The fourth-order valence-corrected chi connectivity index (χ4v) is 1.69. The van der Waals surface area contributed by atoms with Crippen molar-refractivity contribution in [1.29, 1.82) is 0 Å². The molecule has 0 saturated heterocycles. The van der Waals surface area contributed by atoms with E-state index in [0.717, 1.165) is 25.7 Å². The van der Waals surface area contributed by atoms with E-state index in [1.165, 1.54) is 11.6 Å². The molecule has 0 aliphatic heterocycles. The molecule has 0 fully saturated rings. The van der Waals surface area contributed by atoms with Crippen LogP contribution in [-0.4, -0.2) is 12.6 Å². The summed E-state index contributed by atoms with van der Waals surface area (Å²) >= 11 is 0. The minimum atomic E-state index is -0.254. The third-order valence-corrected chi connectivity index (χ3v) is 2.65. The molecule has 0 amide bonds. The fourth-order valence-electron chi connectivity index (χ4n) is 1.69. The largest absolute Gasteiger partial charge is 0.463 e. The van der Waals surface area contributed by atoms with Gasteiger partial charge in [0.05, 0.1) is 6.61 Å². The molecule has 0 heterocycles. The van der Waals surface area contributed by atoms with E-state index in [2.05, 4.69) is 36.4 Å². The van der Waals surface area contributed by atoms with Crippen LogP contribution in [0.2, 0.25) is 0 Å². The van der Waals surface area contributed by atoms with Gasteiger partial charge in [0.2, 0.25) is 0 Å². The number of aryl methyl sites for hydroxylation is 1. The first kappa shape index (κ1) is 15.2. The number of carbonyl (C=O) groups excluding carboxylic acids is 1. The lowest BCUT2D eigenvalue weighted by Gasteiger charge is -1.96. The smallest absolute Gasteiger partial charge is 0.330 e. The molecule has 0 spiro atoms. The number of carbonyl (C=O) groups is 1. The predicted molar refractivity (Wildman–Crippen MR) is 78.9 cm³/mol. The summed E-state index contributed by atoms with van der Waals surface area (Å²) in [6, 6.07) is 10.5. The van der Waals surface area contributed by atoms with Crippen LogP contribution in [0.4, 0.5) is 0 Å². The molecular weight excluding hydrogens is 236 g/mol. The zero-order valence-corrected chi connectivity index (χ0v) is 11.5. The Morgan fingerprint density at radius 1 is 1.05 bits per heavy atom. The van der Waals surface area contributed by atoms with Crippen molar-refractivity contribution in [3.05, 3.63) is 60.2 Å². The number of ether oxygens (including phenoxy) is 1. The molecule has 1 rings (SSSR count). The number of unbranched alkanes of at least 4 members (excludes halogenated alkanes) is 1. The Hall–Kier alpha value is -1.83. The van der Waals surface area contributed by atoms with Crippen LogP contribution >= 0.6 is 0 Å². The van der Waals surface area contributed by atoms with Crippen molar-refractivity contribution < 1.29 is 9.53 Å². The molecule has 2 nitrogen and oxygen atoms in total. The van der Waals surface area contributed by atoms with Crippen molar-refractivity contribution in [2.75, 3.05) is 6.61 Å². The summed E-state index contributed by atoms with van der Waals surface area (Å²) in [5.41, 5.74) is 1.37. The summed E-state index contributed by atoms with van der Waals surface area (Å²) in [5.74, 6) is -0.254. The third-order valence-electron chi connectivity index (χ3n) is 2.65. The molecule has 0 N–H and O–H groups in total. The highest BCUT2D eigenvalue weighted by Gasteiger charge is 1.91. The van der Waals surface area contributed by atoms with E-state index in [4.69, 9.17) is 4.74 Å². The topological polar surface area (TPSA) is 26.3 Å². The molecular formula is C17H22O2. The van der Waals surface area contributed by atoms with Crippen LogP contribution in [0.1, 0.15) is 31.7 Å². The maximum absolute atomic E-state index is 11.0. The highest BCUT2D eigenvalue weighted by atomic mass is 16.5. The van der Waals surface area contributed by atoms with Crippen LogP contribution in [0, 0.1) is 0 Å². The number of allylic oxidation sites excluding steroid dienone is 3. The second-order valence-electron chi connectivity index (χ2n) is 4.23. The van der Waals surface area contributed by atoms with E-state index in [1.54, 1.807) is 6.92 Å². The molecule has 0 radical (unpaired) electrons. The van der Waals surface area contributed by atoms with Crippen LogP contribution in [-0.2, 0) is 16.0 Å². The fraction of sp³-hybridized carbons (Fsp3) is 0.353. The molecule has 1 aromatic rings. The molecule has 0 atom stereocenters. The average Bonchev–Trinajstić information content (AvgIpc) is 2.43. The number of benzene rings is 1. The van der Waals surface area contributed by atoms with Gasteiger partial charge in [0, 0.05) is 6.08 Å². The number of esters is 1. The Balaban J connectivity index is 2.06. The summed E-state index contributed by atoms with van der Waals surface area (Å²) in [6.07, 6.45) is 11.7. The van der Waals surface area contributed by atoms with Gasteiger partial charge in [0.1, 0.15) is 0 Å². The highest BCUT2D eigenvalue weighted by molar-refractivity contribution is 5.81. The number of hydrogen-bond acceptors (Lipinski definition) is 2. The molecule has 0 unspecified atom stereocenters. The van der Waals surface area contributed by atoms with Crippen LogP contribution in [0.3, 0.4) is 0 Å². The first-order valence-electron chi connectivity index (χ1n) is 6.85.